The number of nitrogens with zero attached hydrogens (tertiary/aromatic N) is 2. The lowest BCUT2D eigenvalue weighted by Gasteiger charge is -2.40. The van der Waals surface area contributed by atoms with Crippen LogP contribution in [0.15, 0.2) is 35.7 Å². The van der Waals surface area contributed by atoms with Crippen molar-refractivity contribution in [2.45, 2.75) is 25.4 Å². The Hall–Kier alpha value is -2.62. The lowest BCUT2D eigenvalue weighted by Crippen LogP contribution is -2.53. The molecule has 2 heterocycles. The standard InChI is InChI=1S/C24H34N4O4S/c1-17(22(21-6-5-15-33-21)28-13-11-27(2)12-14-28)26-24(30)23(29)25-10-9-18-7-8-19(31-3)20(16-18)32-4/h5-8,15-17,22H,9-14H2,1-4H3,(H,25,29)(H,26,30)/t17-,22-/m0/s1. The molecule has 0 spiro atoms. The predicted octanol–water partition coefficient (Wildman–Crippen LogP) is 1.92. The SMILES string of the molecule is COc1ccc(CCNC(=O)C(=O)N[C@@H](C)[C@@H](c2cccs2)N2CCN(C)CC2)cc1OC. The lowest BCUT2D eigenvalue weighted by molar-refractivity contribution is -0.139. The number of ether oxygens (including phenoxy) is 2. The number of rotatable bonds is 9. The molecule has 2 N–H and O–H groups in total. The third-order valence-corrected chi connectivity index (χ3v) is 6.89. The first kappa shape index (κ1) is 25.0. The number of piperazine rings is 1. The van der Waals surface area contributed by atoms with Gasteiger partial charge in [0.2, 0.25) is 0 Å². The van der Waals surface area contributed by atoms with Gasteiger partial charge in [0.15, 0.2) is 11.5 Å². The molecule has 0 saturated carbocycles. The Morgan fingerprint density at radius 1 is 1.06 bits per heavy atom. The van der Waals surface area contributed by atoms with E-state index in [-0.39, 0.29) is 12.1 Å². The molecule has 1 aliphatic rings. The topological polar surface area (TPSA) is 83.1 Å². The molecular formula is C24H34N4O4S. The number of hydrogen-bond donors (Lipinski definition) is 2. The molecule has 1 aromatic heterocycles. The maximum absolute atomic E-state index is 12.6. The van der Waals surface area contributed by atoms with Crippen LogP contribution in [0, 0.1) is 0 Å². The van der Waals surface area contributed by atoms with Gasteiger partial charge < -0.3 is 25.0 Å². The van der Waals surface area contributed by atoms with E-state index in [0.717, 1.165) is 31.7 Å². The van der Waals surface area contributed by atoms with E-state index in [1.54, 1.807) is 25.6 Å². The third kappa shape index (κ3) is 6.69. The molecule has 33 heavy (non-hydrogen) atoms. The Bertz CT molecular complexity index is 913. The molecule has 0 unspecified atom stereocenters. The van der Waals surface area contributed by atoms with Crippen molar-refractivity contribution in [2.24, 2.45) is 0 Å². The van der Waals surface area contributed by atoms with Crippen LogP contribution in [-0.4, -0.2) is 81.6 Å². The van der Waals surface area contributed by atoms with Crippen molar-refractivity contribution >= 4 is 23.2 Å². The molecule has 0 aliphatic carbocycles. The molecule has 180 valence electrons. The van der Waals surface area contributed by atoms with Crippen LogP contribution in [0.1, 0.15) is 23.4 Å². The summed E-state index contributed by atoms with van der Waals surface area (Å²) in [6.45, 7) is 6.15. The molecule has 0 bridgehead atoms. The van der Waals surface area contributed by atoms with Gasteiger partial charge in [-0.25, -0.2) is 0 Å². The highest BCUT2D eigenvalue weighted by Crippen LogP contribution is 2.29. The molecule has 9 heteroatoms. The normalized spacial score (nSPS) is 16.6. The second kappa shape index (κ2) is 12.0. The number of carbonyl (C=O) groups is 2. The summed E-state index contributed by atoms with van der Waals surface area (Å²) >= 11 is 1.68. The van der Waals surface area contributed by atoms with Crippen LogP contribution in [0.2, 0.25) is 0 Å². The average Bonchev–Trinajstić information content (AvgIpc) is 3.34. The Balaban J connectivity index is 1.54. The molecule has 1 aliphatic heterocycles. The average molecular weight is 475 g/mol. The van der Waals surface area contributed by atoms with Gasteiger partial charge in [-0.05, 0) is 49.5 Å². The van der Waals surface area contributed by atoms with Gasteiger partial charge in [-0.3, -0.25) is 14.5 Å². The molecule has 2 aromatic rings. The molecular weight excluding hydrogens is 440 g/mol. The highest BCUT2D eigenvalue weighted by Gasteiger charge is 2.31. The molecule has 8 nitrogen and oxygen atoms in total. The van der Waals surface area contributed by atoms with Crippen LogP contribution in [0.5, 0.6) is 11.5 Å². The molecule has 2 atom stereocenters. The number of nitrogens with one attached hydrogen (secondary N) is 2. The minimum atomic E-state index is -0.620. The Morgan fingerprint density at radius 3 is 2.42 bits per heavy atom. The summed E-state index contributed by atoms with van der Waals surface area (Å²) in [7, 11) is 5.29. The smallest absolute Gasteiger partial charge is 0.309 e. The van der Waals surface area contributed by atoms with E-state index in [0.29, 0.717) is 24.5 Å². The summed E-state index contributed by atoms with van der Waals surface area (Å²) in [6, 6.07) is 9.58. The number of benzene rings is 1. The van der Waals surface area contributed by atoms with Crippen molar-refractivity contribution in [3.05, 3.63) is 46.2 Å². The molecule has 1 aromatic carbocycles. The molecule has 2 amide bonds. The summed E-state index contributed by atoms with van der Waals surface area (Å²) in [6.07, 6.45) is 0.577. The van der Waals surface area contributed by atoms with Gasteiger partial charge in [-0.15, -0.1) is 11.3 Å². The van der Waals surface area contributed by atoms with E-state index < -0.39 is 11.8 Å². The quantitative estimate of drug-likeness (QED) is 0.541. The van der Waals surface area contributed by atoms with Crippen molar-refractivity contribution in [1.29, 1.82) is 0 Å². The van der Waals surface area contributed by atoms with Gasteiger partial charge in [0.25, 0.3) is 0 Å². The Morgan fingerprint density at radius 2 is 1.79 bits per heavy atom. The van der Waals surface area contributed by atoms with Crippen molar-refractivity contribution < 1.29 is 19.1 Å². The number of likely N-dealkylation sites (N-methyl/N-ethyl adjacent to an activating group) is 1. The fourth-order valence-corrected chi connectivity index (χ4v) is 5.05. The van der Waals surface area contributed by atoms with Crippen molar-refractivity contribution in [1.82, 2.24) is 20.4 Å². The van der Waals surface area contributed by atoms with Crippen molar-refractivity contribution in [2.75, 3.05) is 54.0 Å². The fourth-order valence-electron chi connectivity index (χ4n) is 4.09. The van der Waals surface area contributed by atoms with Gasteiger partial charge in [0.1, 0.15) is 0 Å². The number of methoxy groups -OCH3 is 2. The monoisotopic (exact) mass is 474 g/mol. The third-order valence-electron chi connectivity index (χ3n) is 5.95. The number of amides is 2. The summed E-state index contributed by atoms with van der Waals surface area (Å²) in [5.41, 5.74) is 0.981. The van der Waals surface area contributed by atoms with Crippen LogP contribution in [0.25, 0.3) is 0 Å². The Kier molecular flexibility index (Phi) is 9.11. The predicted molar refractivity (Wildman–Crippen MR) is 130 cm³/mol. The fraction of sp³-hybridized carbons (Fsp3) is 0.500. The second-order valence-corrected chi connectivity index (χ2v) is 9.24. The van der Waals surface area contributed by atoms with E-state index >= 15 is 0 Å². The van der Waals surface area contributed by atoms with Gasteiger partial charge in [-0.2, -0.15) is 0 Å². The van der Waals surface area contributed by atoms with Crippen LogP contribution in [-0.2, 0) is 16.0 Å². The highest BCUT2D eigenvalue weighted by atomic mass is 32.1. The van der Waals surface area contributed by atoms with E-state index in [1.807, 2.05) is 36.6 Å². The van der Waals surface area contributed by atoms with E-state index in [2.05, 4.69) is 33.5 Å². The summed E-state index contributed by atoms with van der Waals surface area (Å²) in [5.74, 6) is 0.0619. The molecule has 3 rings (SSSR count). The van der Waals surface area contributed by atoms with Crippen molar-refractivity contribution in [3.8, 4) is 11.5 Å². The van der Waals surface area contributed by atoms with Crippen LogP contribution >= 0.6 is 11.3 Å². The van der Waals surface area contributed by atoms with Crippen molar-refractivity contribution in [3.63, 3.8) is 0 Å². The number of thiophene rings is 1. The minimum absolute atomic E-state index is 0.0437. The van der Waals surface area contributed by atoms with E-state index in [1.165, 1.54) is 4.88 Å². The summed E-state index contributed by atoms with van der Waals surface area (Å²) in [4.78, 5) is 30.9. The van der Waals surface area contributed by atoms with Crippen LogP contribution in [0.4, 0.5) is 0 Å². The maximum Gasteiger partial charge on any atom is 0.309 e. The van der Waals surface area contributed by atoms with E-state index in [9.17, 15) is 9.59 Å². The van der Waals surface area contributed by atoms with Gasteiger partial charge in [0, 0.05) is 43.6 Å². The minimum Gasteiger partial charge on any atom is -0.493 e. The lowest BCUT2D eigenvalue weighted by atomic mass is 10.0. The molecule has 1 saturated heterocycles. The maximum atomic E-state index is 12.6. The first-order chi connectivity index (χ1) is 15.9. The zero-order valence-electron chi connectivity index (χ0n) is 19.8. The largest absolute Gasteiger partial charge is 0.493 e. The van der Waals surface area contributed by atoms with Gasteiger partial charge in [-0.1, -0.05) is 12.1 Å². The van der Waals surface area contributed by atoms with Crippen LogP contribution < -0.4 is 20.1 Å². The van der Waals surface area contributed by atoms with Gasteiger partial charge >= 0.3 is 11.8 Å². The zero-order valence-corrected chi connectivity index (χ0v) is 20.6. The molecule has 1 fully saturated rings. The first-order valence-corrected chi connectivity index (χ1v) is 12.1. The van der Waals surface area contributed by atoms with Crippen LogP contribution in [0.3, 0.4) is 0 Å². The van der Waals surface area contributed by atoms with Gasteiger partial charge in [0.05, 0.1) is 20.3 Å². The second-order valence-electron chi connectivity index (χ2n) is 8.26. The molecule has 0 radical (unpaired) electrons. The first-order valence-electron chi connectivity index (χ1n) is 11.2. The zero-order chi connectivity index (χ0) is 23.8. The summed E-state index contributed by atoms with van der Waals surface area (Å²) in [5, 5.41) is 7.69. The van der Waals surface area contributed by atoms with E-state index in [4.69, 9.17) is 9.47 Å². The number of carbonyl (C=O) groups excluding carboxylic acids is 2. The Labute approximate surface area is 199 Å². The number of hydrogen-bond acceptors (Lipinski definition) is 7. The summed E-state index contributed by atoms with van der Waals surface area (Å²) < 4.78 is 10.6. The highest BCUT2D eigenvalue weighted by molar-refractivity contribution is 7.10.